The zero-order valence-electron chi connectivity index (χ0n) is 17.1. The van der Waals surface area contributed by atoms with Crippen LogP contribution in [0.25, 0.3) is 23.0 Å². The van der Waals surface area contributed by atoms with Gasteiger partial charge in [-0.25, -0.2) is 4.68 Å². The number of carboxylic acid groups (broad SMARTS) is 1. The van der Waals surface area contributed by atoms with Gasteiger partial charge in [0.15, 0.2) is 0 Å². The van der Waals surface area contributed by atoms with E-state index in [-0.39, 0.29) is 4.32 Å². The van der Waals surface area contributed by atoms with Crippen LogP contribution in [0, 0.1) is 0 Å². The van der Waals surface area contributed by atoms with Gasteiger partial charge in [-0.05, 0) is 37.3 Å². The van der Waals surface area contributed by atoms with Crippen molar-refractivity contribution >= 4 is 46.3 Å². The zero-order valence-corrected chi connectivity index (χ0v) is 18.7. The molecule has 0 unspecified atom stereocenters. The number of thiocarbonyl (C=S) groups is 1. The number of aromatic nitrogens is 2. The van der Waals surface area contributed by atoms with Gasteiger partial charge >= 0.3 is 5.97 Å². The van der Waals surface area contributed by atoms with Gasteiger partial charge in [0.1, 0.15) is 22.3 Å². The van der Waals surface area contributed by atoms with E-state index in [9.17, 15) is 9.59 Å². The number of hydrogen-bond donors (Lipinski definition) is 1. The van der Waals surface area contributed by atoms with Gasteiger partial charge in [-0.1, -0.05) is 54.3 Å². The van der Waals surface area contributed by atoms with Crippen LogP contribution in [-0.2, 0) is 9.59 Å². The number of amides is 1. The maximum Gasteiger partial charge on any atom is 0.323 e. The molecule has 1 fully saturated rings. The molecular weight excluding hydrogens is 446 g/mol. The molecule has 1 saturated heterocycles. The highest BCUT2D eigenvalue weighted by Crippen LogP contribution is 2.35. The Morgan fingerprint density at radius 1 is 1.22 bits per heavy atom. The van der Waals surface area contributed by atoms with E-state index >= 15 is 0 Å². The van der Waals surface area contributed by atoms with E-state index in [1.54, 1.807) is 10.8 Å². The van der Waals surface area contributed by atoms with E-state index < -0.39 is 18.4 Å². The molecule has 0 saturated carbocycles. The lowest BCUT2D eigenvalue weighted by atomic mass is 10.1. The molecule has 0 atom stereocenters. The first-order valence-electron chi connectivity index (χ1n) is 9.81. The molecule has 9 heteroatoms. The number of ether oxygens (including phenoxy) is 1. The average molecular weight is 466 g/mol. The Hall–Kier alpha value is -3.43. The van der Waals surface area contributed by atoms with Gasteiger partial charge in [-0.3, -0.25) is 14.5 Å². The van der Waals surface area contributed by atoms with Crippen LogP contribution in [-0.4, -0.2) is 49.1 Å². The van der Waals surface area contributed by atoms with Crippen LogP contribution in [0.15, 0.2) is 65.7 Å². The minimum Gasteiger partial charge on any atom is -0.494 e. The zero-order chi connectivity index (χ0) is 22.7. The summed E-state index contributed by atoms with van der Waals surface area (Å²) in [6.45, 7) is 2.00. The Morgan fingerprint density at radius 2 is 2.00 bits per heavy atom. The highest BCUT2D eigenvalue weighted by atomic mass is 32.2. The Bertz CT molecular complexity index is 1220. The second kappa shape index (κ2) is 9.37. The van der Waals surface area contributed by atoms with Crippen LogP contribution in [0.1, 0.15) is 12.5 Å². The Labute approximate surface area is 194 Å². The number of para-hydroxylation sites is 1. The van der Waals surface area contributed by atoms with E-state index in [0.29, 0.717) is 22.8 Å². The molecule has 1 N–H and O–H groups in total. The molecule has 7 nitrogen and oxygen atoms in total. The predicted octanol–water partition coefficient (Wildman–Crippen LogP) is 4.22. The summed E-state index contributed by atoms with van der Waals surface area (Å²) >= 11 is 6.29. The van der Waals surface area contributed by atoms with Gasteiger partial charge in [-0.15, -0.1) is 0 Å². The molecule has 1 aliphatic rings. The van der Waals surface area contributed by atoms with Crippen LogP contribution in [0.2, 0.25) is 0 Å². The quantitative estimate of drug-likeness (QED) is 0.413. The molecular formula is C23H19N3O4S2. The van der Waals surface area contributed by atoms with Crippen LogP contribution in [0.5, 0.6) is 5.75 Å². The summed E-state index contributed by atoms with van der Waals surface area (Å²) in [5, 5.41) is 13.8. The summed E-state index contributed by atoms with van der Waals surface area (Å²) in [5.74, 6) is -0.824. The first-order chi connectivity index (χ1) is 15.5. The maximum atomic E-state index is 12.8. The number of carbonyl (C=O) groups excluding carboxylic acids is 1. The predicted molar refractivity (Wildman–Crippen MR) is 128 cm³/mol. The van der Waals surface area contributed by atoms with E-state index in [0.717, 1.165) is 33.7 Å². The third kappa shape index (κ3) is 4.58. The second-order valence-electron chi connectivity index (χ2n) is 6.84. The lowest BCUT2D eigenvalue weighted by Gasteiger charge is -2.10. The summed E-state index contributed by atoms with van der Waals surface area (Å²) in [5.41, 5.74) is 3.07. The number of carboxylic acids is 1. The van der Waals surface area contributed by atoms with E-state index in [1.165, 1.54) is 0 Å². The third-order valence-electron chi connectivity index (χ3n) is 4.64. The Balaban J connectivity index is 1.79. The van der Waals surface area contributed by atoms with Gasteiger partial charge in [0.25, 0.3) is 5.91 Å². The molecule has 2 heterocycles. The molecule has 0 spiro atoms. The molecule has 4 rings (SSSR count). The molecule has 0 aliphatic carbocycles. The number of carbonyl (C=O) groups is 2. The number of benzene rings is 2. The molecule has 162 valence electrons. The molecule has 0 radical (unpaired) electrons. The minimum atomic E-state index is -1.12. The van der Waals surface area contributed by atoms with Crippen molar-refractivity contribution in [3.05, 3.63) is 71.3 Å². The van der Waals surface area contributed by atoms with Crippen molar-refractivity contribution in [3.63, 3.8) is 0 Å². The van der Waals surface area contributed by atoms with E-state index in [4.69, 9.17) is 27.2 Å². The average Bonchev–Trinajstić information content (AvgIpc) is 3.31. The summed E-state index contributed by atoms with van der Waals surface area (Å²) < 4.78 is 7.59. The largest absolute Gasteiger partial charge is 0.494 e. The Kier molecular flexibility index (Phi) is 6.38. The number of nitrogens with zero attached hydrogens (tertiary/aromatic N) is 3. The fourth-order valence-corrected chi connectivity index (χ4v) is 4.49. The van der Waals surface area contributed by atoms with Crippen LogP contribution in [0.4, 0.5) is 0 Å². The molecule has 1 aromatic heterocycles. The van der Waals surface area contributed by atoms with Crippen molar-refractivity contribution in [1.82, 2.24) is 14.7 Å². The molecule has 0 bridgehead atoms. The minimum absolute atomic E-state index is 0.221. The molecule has 2 aromatic carbocycles. The first-order valence-corrected chi connectivity index (χ1v) is 11.0. The maximum absolute atomic E-state index is 12.8. The molecule has 3 aromatic rings. The summed E-state index contributed by atoms with van der Waals surface area (Å²) in [6.07, 6.45) is 3.54. The number of rotatable bonds is 7. The van der Waals surface area contributed by atoms with Crippen molar-refractivity contribution in [2.75, 3.05) is 13.2 Å². The van der Waals surface area contributed by atoms with Crippen molar-refractivity contribution in [2.45, 2.75) is 6.92 Å². The molecule has 1 amide bonds. The van der Waals surface area contributed by atoms with Crippen LogP contribution < -0.4 is 4.74 Å². The van der Waals surface area contributed by atoms with E-state index in [1.807, 2.05) is 67.7 Å². The first kappa shape index (κ1) is 21.8. The van der Waals surface area contributed by atoms with Gasteiger partial charge < -0.3 is 9.84 Å². The number of aliphatic carboxylic acids is 1. The normalized spacial score (nSPS) is 14.9. The van der Waals surface area contributed by atoms with Crippen molar-refractivity contribution < 1.29 is 19.4 Å². The monoisotopic (exact) mass is 465 g/mol. The summed E-state index contributed by atoms with van der Waals surface area (Å²) in [7, 11) is 0. The van der Waals surface area contributed by atoms with Crippen molar-refractivity contribution in [1.29, 1.82) is 0 Å². The highest BCUT2D eigenvalue weighted by molar-refractivity contribution is 8.26. The molecule has 32 heavy (non-hydrogen) atoms. The summed E-state index contributed by atoms with van der Waals surface area (Å²) in [6, 6.07) is 17.2. The van der Waals surface area contributed by atoms with Crippen LogP contribution >= 0.6 is 24.0 Å². The summed E-state index contributed by atoms with van der Waals surface area (Å²) in [4.78, 5) is 25.3. The topological polar surface area (TPSA) is 84.7 Å². The smallest absolute Gasteiger partial charge is 0.323 e. The molecule has 1 aliphatic heterocycles. The van der Waals surface area contributed by atoms with Gasteiger partial charge in [0.05, 0.1) is 17.2 Å². The third-order valence-corrected chi connectivity index (χ3v) is 6.01. The lowest BCUT2D eigenvalue weighted by Crippen LogP contribution is -2.33. The number of hydrogen-bond acceptors (Lipinski definition) is 6. The van der Waals surface area contributed by atoms with E-state index in [2.05, 4.69) is 0 Å². The SMILES string of the molecule is CCOc1cccc(-c2nn(-c3ccccc3)cc2/C=C2\SC(=S)N(CC(=O)O)C2=O)c1. The van der Waals surface area contributed by atoms with Gasteiger partial charge in [0.2, 0.25) is 0 Å². The fourth-order valence-electron chi connectivity index (χ4n) is 3.24. The van der Waals surface area contributed by atoms with Crippen molar-refractivity contribution in [2.24, 2.45) is 0 Å². The lowest BCUT2D eigenvalue weighted by molar-refractivity contribution is -0.140. The highest BCUT2D eigenvalue weighted by Gasteiger charge is 2.33. The van der Waals surface area contributed by atoms with Gasteiger partial charge in [0, 0.05) is 17.3 Å². The fraction of sp³-hybridized carbons (Fsp3) is 0.130. The Morgan fingerprint density at radius 3 is 2.72 bits per heavy atom. The number of thioether (sulfide) groups is 1. The standard InChI is InChI=1S/C23H19N3O4S2/c1-2-30-18-10-6-7-15(11-18)21-16(13-26(24-21)17-8-4-3-5-9-17)12-19-22(29)25(14-20(27)28)23(31)32-19/h3-13H,2,14H2,1H3,(H,27,28)/b19-12-. The van der Waals surface area contributed by atoms with Crippen LogP contribution in [0.3, 0.4) is 0 Å². The van der Waals surface area contributed by atoms with Crippen molar-refractivity contribution in [3.8, 4) is 22.7 Å². The van der Waals surface area contributed by atoms with Gasteiger partial charge in [-0.2, -0.15) is 5.10 Å². The second-order valence-corrected chi connectivity index (χ2v) is 8.51.